The summed E-state index contributed by atoms with van der Waals surface area (Å²) in [7, 11) is 1.54. The van der Waals surface area contributed by atoms with Gasteiger partial charge in [0, 0.05) is 39.0 Å². The first-order chi connectivity index (χ1) is 15.0. The predicted molar refractivity (Wildman–Crippen MR) is 113 cm³/mol. The van der Waals surface area contributed by atoms with Crippen LogP contribution in [-0.2, 0) is 16.1 Å². The Bertz CT molecular complexity index is 985. The van der Waals surface area contributed by atoms with Gasteiger partial charge < -0.3 is 19.4 Å². The fourth-order valence-electron chi connectivity index (χ4n) is 3.83. The van der Waals surface area contributed by atoms with Gasteiger partial charge in [0.25, 0.3) is 11.8 Å². The number of carbonyl (C=O) groups is 2. The van der Waals surface area contributed by atoms with Crippen LogP contribution < -0.4 is 4.74 Å². The van der Waals surface area contributed by atoms with Crippen molar-refractivity contribution in [2.24, 2.45) is 5.16 Å². The zero-order valence-electron chi connectivity index (χ0n) is 17.3. The number of hydrogen-bond donors (Lipinski definition) is 0. The summed E-state index contributed by atoms with van der Waals surface area (Å²) >= 11 is 0. The highest BCUT2D eigenvalue weighted by Crippen LogP contribution is 2.21. The van der Waals surface area contributed by atoms with Gasteiger partial charge in [-0.15, -0.1) is 0 Å². The van der Waals surface area contributed by atoms with Gasteiger partial charge in [-0.05, 0) is 29.8 Å². The number of piperazine rings is 1. The van der Waals surface area contributed by atoms with Gasteiger partial charge in [0.05, 0.1) is 18.4 Å². The van der Waals surface area contributed by atoms with Crippen molar-refractivity contribution in [1.29, 1.82) is 0 Å². The third-order valence-electron chi connectivity index (χ3n) is 5.54. The predicted octanol–water partition coefficient (Wildman–Crippen LogP) is 2.51. The lowest BCUT2D eigenvalue weighted by molar-refractivity contribution is -0.143. The van der Waals surface area contributed by atoms with E-state index in [1.807, 2.05) is 6.07 Å². The molecule has 0 aliphatic carbocycles. The number of carbonyl (C=O) groups excluding carboxylic acids is 2. The van der Waals surface area contributed by atoms with Crippen molar-refractivity contribution >= 4 is 17.5 Å². The Labute approximate surface area is 180 Å². The van der Waals surface area contributed by atoms with E-state index >= 15 is 0 Å². The lowest BCUT2D eigenvalue weighted by Crippen LogP contribution is -2.53. The fourth-order valence-corrected chi connectivity index (χ4v) is 3.83. The average molecular weight is 425 g/mol. The molecule has 0 saturated carbocycles. The molecule has 2 aromatic carbocycles. The molecule has 0 bridgehead atoms. The minimum atomic E-state index is -0.646. The number of ether oxygens (including phenoxy) is 1. The zero-order valence-corrected chi connectivity index (χ0v) is 17.3. The third kappa shape index (κ3) is 4.68. The molecule has 2 aliphatic rings. The van der Waals surface area contributed by atoms with Crippen LogP contribution in [0.3, 0.4) is 0 Å². The molecule has 1 saturated heterocycles. The van der Waals surface area contributed by atoms with Crippen LogP contribution in [0.1, 0.15) is 22.3 Å². The number of methoxy groups -OCH3 is 1. The van der Waals surface area contributed by atoms with Gasteiger partial charge in [0.15, 0.2) is 0 Å². The van der Waals surface area contributed by atoms with Crippen LogP contribution in [-0.4, -0.2) is 66.7 Å². The molecule has 8 heteroatoms. The van der Waals surface area contributed by atoms with Crippen molar-refractivity contribution < 1.29 is 23.6 Å². The summed E-state index contributed by atoms with van der Waals surface area (Å²) in [4.78, 5) is 34.5. The molecule has 1 atom stereocenters. The molecule has 0 N–H and O–H groups in total. The molecule has 2 aliphatic heterocycles. The van der Waals surface area contributed by atoms with Crippen LogP contribution >= 0.6 is 0 Å². The first-order valence-corrected chi connectivity index (χ1v) is 10.2. The van der Waals surface area contributed by atoms with E-state index in [-0.39, 0.29) is 17.6 Å². The summed E-state index contributed by atoms with van der Waals surface area (Å²) in [6, 6.07) is 13.3. The van der Waals surface area contributed by atoms with Crippen LogP contribution in [0, 0.1) is 5.82 Å². The van der Waals surface area contributed by atoms with E-state index in [1.165, 1.54) is 19.2 Å². The highest BCUT2D eigenvalue weighted by atomic mass is 19.1. The highest BCUT2D eigenvalue weighted by Gasteiger charge is 2.34. The lowest BCUT2D eigenvalue weighted by Gasteiger charge is -2.35. The zero-order chi connectivity index (χ0) is 21.8. The number of oxime groups is 1. The molecule has 0 aromatic heterocycles. The van der Waals surface area contributed by atoms with E-state index < -0.39 is 6.10 Å². The van der Waals surface area contributed by atoms with E-state index in [4.69, 9.17) is 9.57 Å². The molecule has 2 heterocycles. The maximum absolute atomic E-state index is 13.0. The van der Waals surface area contributed by atoms with Crippen molar-refractivity contribution in [2.75, 3.05) is 33.3 Å². The monoisotopic (exact) mass is 425 g/mol. The van der Waals surface area contributed by atoms with Crippen molar-refractivity contribution in [3.63, 3.8) is 0 Å². The Morgan fingerprint density at radius 3 is 2.45 bits per heavy atom. The number of amides is 2. The smallest absolute Gasteiger partial charge is 0.267 e. The molecular weight excluding hydrogens is 401 g/mol. The molecule has 0 radical (unpaired) electrons. The van der Waals surface area contributed by atoms with Gasteiger partial charge in [0.2, 0.25) is 6.10 Å². The van der Waals surface area contributed by atoms with E-state index in [1.54, 1.807) is 40.1 Å². The molecular formula is C23H24FN3O4. The second kappa shape index (κ2) is 9.16. The van der Waals surface area contributed by atoms with Crippen LogP contribution in [0.4, 0.5) is 4.39 Å². The summed E-state index contributed by atoms with van der Waals surface area (Å²) in [5, 5.41) is 4.05. The van der Waals surface area contributed by atoms with Gasteiger partial charge in [-0.3, -0.25) is 9.59 Å². The molecule has 2 amide bonds. The minimum absolute atomic E-state index is 0.105. The Balaban J connectivity index is 1.29. The summed E-state index contributed by atoms with van der Waals surface area (Å²) in [5.41, 5.74) is 2.19. The Kier molecular flexibility index (Phi) is 6.16. The van der Waals surface area contributed by atoms with Crippen LogP contribution in [0.2, 0.25) is 0 Å². The van der Waals surface area contributed by atoms with Crippen LogP contribution in [0.15, 0.2) is 53.7 Å². The van der Waals surface area contributed by atoms with Gasteiger partial charge in [0.1, 0.15) is 11.6 Å². The van der Waals surface area contributed by atoms with Crippen LogP contribution in [0.5, 0.6) is 5.75 Å². The Hall–Kier alpha value is -3.42. The standard InChI is InChI=1S/C23H24FN3O4/c1-30-20-5-3-2-4-19(20)22(28)26-10-12-27(13-11-26)23(29)21-15-18(25-31-21)14-16-6-8-17(24)9-7-16/h2-9,21H,10-15H2,1H3. The topological polar surface area (TPSA) is 71.4 Å². The maximum atomic E-state index is 13.0. The maximum Gasteiger partial charge on any atom is 0.267 e. The highest BCUT2D eigenvalue weighted by molar-refractivity contribution is 5.97. The SMILES string of the molecule is COc1ccccc1C(=O)N1CCN(C(=O)C2CC(Cc3ccc(F)cc3)=NO2)CC1. The number of rotatable bonds is 5. The molecule has 31 heavy (non-hydrogen) atoms. The summed E-state index contributed by atoms with van der Waals surface area (Å²) in [6.45, 7) is 1.76. The second-order valence-electron chi connectivity index (χ2n) is 7.58. The minimum Gasteiger partial charge on any atom is -0.496 e. The normalized spacial score (nSPS) is 18.4. The summed E-state index contributed by atoms with van der Waals surface area (Å²) in [6.07, 6.45) is 0.286. The average Bonchev–Trinajstić information content (AvgIpc) is 3.28. The molecule has 2 aromatic rings. The van der Waals surface area contributed by atoms with E-state index in [0.29, 0.717) is 50.3 Å². The lowest BCUT2D eigenvalue weighted by atomic mass is 10.0. The number of para-hydroxylation sites is 1. The first-order valence-electron chi connectivity index (χ1n) is 10.2. The number of benzene rings is 2. The molecule has 4 rings (SSSR count). The quantitative estimate of drug-likeness (QED) is 0.738. The third-order valence-corrected chi connectivity index (χ3v) is 5.54. The summed E-state index contributed by atoms with van der Waals surface area (Å²) in [5.74, 6) is 0.0229. The van der Waals surface area contributed by atoms with Crippen molar-refractivity contribution in [2.45, 2.75) is 18.9 Å². The van der Waals surface area contributed by atoms with Crippen molar-refractivity contribution in [3.05, 3.63) is 65.5 Å². The summed E-state index contributed by atoms with van der Waals surface area (Å²) < 4.78 is 18.3. The van der Waals surface area contributed by atoms with Gasteiger partial charge >= 0.3 is 0 Å². The van der Waals surface area contributed by atoms with E-state index in [2.05, 4.69) is 5.16 Å². The van der Waals surface area contributed by atoms with E-state index in [9.17, 15) is 14.0 Å². The van der Waals surface area contributed by atoms with Crippen molar-refractivity contribution in [1.82, 2.24) is 9.80 Å². The first kappa shape index (κ1) is 20.8. The molecule has 1 fully saturated rings. The molecule has 0 spiro atoms. The fraction of sp³-hybridized carbons (Fsp3) is 0.348. The van der Waals surface area contributed by atoms with E-state index in [0.717, 1.165) is 11.3 Å². The molecule has 7 nitrogen and oxygen atoms in total. The largest absolute Gasteiger partial charge is 0.496 e. The Morgan fingerprint density at radius 2 is 1.74 bits per heavy atom. The second-order valence-corrected chi connectivity index (χ2v) is 7.58. The number of halogens is 1. The molecule has 162 valence electrons. The molecule has 1 unspecified atom stereocenters. The number of hydrogen-bond acceptors (Lipinski definition) is 5. The number of nitrogens with zero attached hydrogens (tertiary/aromatic N) is 3. The van der Waals surface area contributed by atoms with Gasteiger partial charge in [-0.1, -0.05) is 29.4 Å². The van der Waals surface area contributed by atoms with Gasteiger partial charge in [-0.2, -0.15) is 0 Å². The van der Waals surface area contributed by atoms with Crippen molar-refractivity contribution in [3.8, 4) is 5.75 Å². The van der Waals surface area contributed by atoms with Gasteiger partial charge in [-0.25, -0.2) is 4.39 Å². The van der Waals surface area contributed by atoms with Crippen LogP contribution in [0.25, 0.3) is 0 Å². The Morgan fingerprint density at radius 1 is 1.06 bits per heavy atom.